The maximum Gasteiger partial charge on any atom is 0.227 e. The lowest BCUT2D eigenvalue weighted by Crippen LogP contribution is -2.01. The molecule has 0 aliphatic carbocycles. The molecule has 4 heterocycles. The van der Waals surface area contributed by atoms with Crippen LogP contribution in [0.3, 0.4) is 0 Å². The summed E-state index contributed by atoms with van der Waals surface area (Å²) in [7, 11) is 3.13. The zero-order chi connectivity index (χ0) is 21.1. The Labute approximate surface area is 173 Å². The van der Waals surface area contributed by atoms with E-state index in [0.29, 0.717) is 29.8 Å². The number of aliphatic imine (C=N–C) groups is 1. The average molecular weight is 403 g/mol. The summed E-state index contributed by atoms with van der Waals surface area (Å²) in [5.74, 6) is 1.81. The van der Waals surface area contributed by atoms with Crippen LogP contribution in [0, 0.1) is 0 Å². The lowest BCUT2D eigenvalue weighted by atomic mass is 10.0. The lowest BCUT2D eigenvalue weighted by molar-refractivity contribution is 0.398. The topological polar surface area (TPSA) is 120 Å². The standard InChI is InChI=1S/C21H21N7O2/c1-12-8-15(19(26-12)13-9-17(29-2)20(22)25-11-13)16-5-7-24-21(28-16)27-14-4-6-23-18(10-14)30-3/h4-7,9-11H,8H2,1-3H3,(H2,22,25)(H,23,24,27,28). The van der Waals surface area contributed by atoms with Gasteiger partial charge in [-0.1, -0.05) is 0 Å². The minimum Gasteiger partial charge on any atom is -0.493 e. The minimum absolute atomic E-state index is 0.336. The molecule has 30 heavy (non-hydrogen) atoms. The van der Waals surface area contributed by atoms with Gasteiger partial charge in [0.25, 0.3) is 0 Å². The van der Waals surface area contributed by atoms with Gasteiger partial charge in [0, 0.05) is 53.6 Å². The van der Waals surface area contributed by atoms with Gasteiger partial charge in [-0.2, -0.15) is 0 Å². The minimum atomic E-state index is 0.336. The number of rotatable bonds is 6. The van der Waals surface area contributed by atoms with Crippen LogP contribution in [0.4, 0.5) is 17.5 Å². The van der Waals surface area contributed by atoms with Crippen LogP contribution in [0.2, 0.25) is 0 Å². The van der Waals surface area contributed by atoms with E-state index in [1.807, 2.05) is 25.1 Å². The summed E-state index contributed by atoms with van der Waals surface area (Å²) in [5.41, 5.74) is 11.0. The second kappa shape index (κ2) is 8.16. The molecule has 1 aliphatic heterocycles. The SMILES string of the molecule is COc1cc(Nc2nccc(C3=C(c4cnc(N)c(OC)c4)N=C(C)C3)n2)ccn1. The van der Waals surface area contributed by atoms with E-state index in [-0.39, 0.29) is 0 Å². The summed E-state index contributed by atoms with van der Waals surface area (Å²) in [6, 6.07) is 7.29. The molecule has 0 amide bonds. The molecule has 3 aromatic heterocycles. The fourth-order valence-corrected chi connectivity index (χ4v) is 3.15. The summed E-state index contributed by atoms with van der Waals surface area (Å²) in [5, 5.41) is 3.18. The quantitative estimate of drug-likeness (QED) is 0.643. The van der Waals surface area contributed by atoms with Crippen LogP contribution in [0.5, 0.6) is 11.6 Å². The fourth-order valence-electron chi connectivity index (χ4n) is 3.15. The van der Waals surface area contributed by atoms with Crippen LogP contribution >= 0.6 is 0 Å². The number of hydrogen-bond acceptors (Lipinski definition) is 9. The van der Waals surface area contributed by atoms with Gasteiger partial charge in [-0.15, -0.1) is 0 Å². The van der Waals surface area contributed by atoms with Gasteiger partial charge in [-0.05, 0) is 25.1 Å². The molecule has 3 aromatic rings. The Morgan fingerprint density at radius 3 is 2.67 bits per heavy atom. The fraction of sp³-hybridized carbons (Fsp3) is 0.190. The molecule has 0 unspecified atom stereocenters. The molecule has 4 rings (SSSR count). The smallest absolute Gasteiger partial charge is 0.227 e. The van der Waals surface area contributed by atoms with Crippen molar-refractivity contribution < 1.29 is 9.47 Å². The van der Waals surface area contributed by atoms with Crippen LogP contribution in [0.25, 0.3) is 11.3 Å². The number of nitrogen functional groups attached to an aromatic ring is 1. The number of ether oxygens (including phenoxy) is 2. The van der Waals surface area contributed by atoms with Crippen molar-refractivity contribution in [2.24, 2.45) is 4.99 Å². The van der Waals surface area contributed by atoms with Crippen molar-refractivity contribution >= 4 is 34.4 Å². The van der Waals surface area contributed by atoms with Crippen LogP contribution in [0.1, 0.15) is 24.6 Å². The number of methoxy groups -OCH3 is 2. The molecule has 0 fully saturated rings. The number of nitrogens with one attached hydrogen (secondary N) is 1. The molecule has 0 aromatic carbocycles. The Morgan fingerprint density at radius 2 is 1.87 bits per heavy atom. The molecule has 0 radical (unpaired) electrons. The first kappa shape index (κ1) is 19.3. The molecular weight excluding hydrogens is 382 g/mol. The zero-order valence-electron chi connectivity index (χ0n) is 16.9. The largest absolute Gasteiger partial charge is 0.493 e. The molecule has 1 aliphatic rings. The highest BCUT2D eigenvalue weighted by molar-refractivity contribution is 6.08. The number of anilines is 3. The van der Waals surface area contributed by atoms with E-state index in [1.54, 1.807) is 38.9 Å². The Balaban J connectivity index is 1.70. The molecule has 0 saturated carbocycles. The monoisotopic (exact) mass is 403 g/mol. The predicted molar refractivity (Wildman–Crippen MR) is 116 cm³/mol. The number of allylic oxidation sites excluding steroid dienone is 1. The summed E-state index contributed by atoms with van der Waals surface area (Å²) in [6.45, 7) is 1.98. The molecule has 3 N–H and O–H groups in total. The Kier molecular flexibility index (Phi) is 5.25. The third-order valence-electron chi connectivity index (χ3n) is 4.56. The predicted octanol–water partition coefficient (Wildman–Crippen LogP) is 3.34. The molecule has 0 bridgehead atoms. The molecular formula is C21H21N7O2. The van der Waals surface area contributed by atoms with Crippen molar-refractivity contribution in [3.8, 4) is 11.6 Å². The second-order valence-electron chi connectivity index (χ2n) is 6.64. The second-order valence-corrected chi connectivity index (χ2v) is 6.64. The average Bonchev–Trinajstić information content (AvgIpc) is 3.16. The highest BCUT2D eigenvalue weighted by atomic mass is 16.5. The van der Waals surface area contributed by atoms with Crippen LogP contribution in [-0.4, -0.2) is 39.9 Å². The summed E-state index contributed by atoms with van der Waals surface area (Å²) in [4.78, 5) is 22.0. The van der Waals surface area contributed by atoms with Gasteiger partial charge in [-0.25, -0.2) is 19.9 Å². The van der Waals surface area contributed by atoms with Crippen molar-refractivity contribution in [3.05, 3.63) is 54.1 Å². The molecule has 0 spiro atoms. The highest BCUT2D eigenvalue weighted by Gasteiger charge is 2.21. The zero-order valence-corrected chi connectivity index (χ0v) is 16.9. The lowest BCUT2D eigenvalue weighted by Gasteiger charge is -2.10. The highest BCUT2D eigenvalue weighted by Crippen LogP contribution is 2.36. The third-order valence-corrected chi connectivity index (χ3v) is 4.56. The molecule has 0 atom stereocenters. The van der Waals surface area contributed by atoms with Crippen molar-refractivity contribution in [1.29, 1.82) is 0 Å². The van der Waals surface area contributed by atoms with Crippen molar-refractivity contribution in [2.75, 3.05) is 25.3 Å². The van der Waals surface area contributed by atoms with Gasteiger partial charge >= 0.3 is 0 Å². The van der Waals surface area contributed by atoms with Crippen LogP contribution in [-0.2, 0) is 0 Å². The van der Waals surface area contributed by atoms with E-state index in [4.69, 9.17) is 20.2 Å². The number of pyridine rings is 2. The third kappa shape index (κ3) is 3.90. The van der Waals surface area contributed by atoms with E-state index in [1.165, 1.54) is 0 Å². The van der Waals surface area contributed by atoms with Gasteiger partial charge in [0.05, 0.1) is 25.6 Å². The van der Waals surface area contributed by atoms with Gasteiger partial charge in [0.2, 0.25) is 11.8 Å². The maximum atomic E-state index is 5.86. The summed E-state index contributed by atoms with van der Waals surface area (Å²) in [6.07, 6.45) is 5.74. The first-order chi connectivity index (χ1) is 14.6. The molecule has 0 saturated heterocycles. The first-order valence-electron chi connectivity index (χ1n) is 9.25. The van der Waals surface area contributed by atoms with E-state index in [0.717, 1.165) is 33.9 Å². The van der Waals surface area contributed by atoms with E-state index in [2.05, 4.69) is 25.3 Å². The van der Waals surface area contributed by atoms with Crippen molar-refractivity contribution in [1.82, 2.24) is 19.9 Å². The van der Waals surface area contributed by atoms with Gasteiger partial charge in [0.1, 0.15) is 0 Å². The number of nitrogens with zero attached hydrogens (tertiary/aromatic N) is 5. The van der Waals surface area contributed by atoms with E-state index >= 15 is 0 Å². The van der Waals surface area contributed by atoms with Gasteiger partial charge < -0.3 is 20.5 Å². The number of nitrogens with two attached hydrogens (primary N) is 1. The van der Waals surface area contributed by atoms with Gasteiger partial charge in [0.15, 0.2) is 11.6 Å². The molecule has 152 valence electrons. The Hall–Kier alpha value is -4.01. The molecule has 9 nitrogen and oxygen atoms in total. The summed E-state index contributed by atoms with van der Waals surface area (Å²) < 4.78 is 10.5. The van der Waals surface area contributed by atoms with Crippen LogP contribution in [0.15, 0.2) is 47.8 Å². The van der Waals surface area contributed by atoms with Crippen molar-refractivity contribution in [2.45, 2.75) is 13.3 Å². The van der Waals surface area contributed by atoms with E-state index < -0.39 is 0 Å². The Morgan fingerprint density at radius 1 is 1.03 bits per heavy atom. The van der Waals surface area contributed by atoms with Gasteiger partial charge in [-0.3, -0.25) is 4.99 Å². The first-order valence-corrected chi connectivity index (χ1v) is 9.25. The summed E-state index contributed by atoms with van der Waals surface area (Å²) >= 11 is 0. The number of aromatic nitrogens is 4. The van der Waals surface area contributed by atoms with Crippen molar-refractivity contribution in [3.63, 3.8) is 0 Å². The maximum absolute atomic E-state index is 5.86. The Bertz CT molecular complexity index is 1160. The number of hydrogen-bond donors (Lipinski definition) is 2. The molecule has 9 heteroatoms. The van der Waals surface area contributed by atoms with E-state index in [9.17, 15) is 0 Å². The van der Waals surface area contributed by atoms with Crippen LogP contribution < -0.4 is 20.5 Å². The normalized spacial score (nSPS) is 13.2.